The number of benzene rings is 3. The Morgan fingerprint density at radius 2 is 1.35 bits per heavy atom. The van der Waals surface area contributed by atoms with Crippen LogP contribution in [-0.2, 0) is 4.79 Å². The van der Waals surface area contributed by atoms with Crippen molar-refractivity contribution in [1.29, 1.82) is 0 Å². The largest absolute Gasteiger partial charge is 0.307 e. The molecule has 17 heavy (non-hydrogen) atoms. The number of hydrogen-bond donors (Lipinski definition) is 0. The van der Waals surface area contributed by atoms with Crippen molar-refractivity contribution in [3.8, 4) is 0 Å². The molecular weight excluding hydrogens is 232 g/mol. The minimum absolute atomic E-state index is 0.818. The van der Waals surface area contributed by atoms with Gasteiger partial charge in [-0.05, 0) is 34.4 Å². The zero-order chi connectivity index (χ0) is 12.3. The zero-order valence-corrected chi connectivity index (χ0v) is 9.95. The number of hydrogen-bond acceptors (Lipinski definition) is 1. The summed E-state index contributed by atoms with van der Waals surface area (Å²) in [6, 6.07) is 18.7. The highest BCUT2D eigenvalue weighted by Crippen LogP contribution is 2.27. The van der Waals surface area contributed by atoms with Crippen LogP contribution in [0.25, 0.3) is 21.5 Å². The van der Waals surface area contributed by atoms with Gasteiger partial charge in [0.05, 0.1) is 0 Å². The van der Waals surface area contributed by atoms with E-state index in [1.807, 2.05) is 25.0 Å². The van der Waals surface area contributed by atoms with Crippen LogP contribution < -0.4 is 0 Å². The maximum absolute atomic E-state index is 8.00. The summed E-state index contributed by atoms with van der Waals surface area (Å²) in [5, 5.41) is 5.63. The van der Waals surface area contributed by atoms with E-state index in [-0.39, 0.29) is 0 Å². The molecule has 0 N–H and O–H groups in total. The lowest BCUT2D eigenvalue weighted by Crippen LogP contribution is -1.76. The van der Waals surface area contributed by atoms with E-state index in [1.54, 1.807) is 0 Å². The lowest BCUT2D eigenvalue weighted by atomic mass is 10.0. The molecule has 0 aliphatic heterocycles. The molecule has 3 rings (SSSR count). The third-order valence-electron chi connectivity index (χ3n) is 2.69. The third kappa shape index (κ3) is 2.15. The van der Waals surface area contributed by atoms with Gasteiger partial charge in [0.15, 0.2) is 0 Å². The van der Waals surface area contributed by atoms with E-state index < -0.39 is 0 Å². The lowest BCUT2D eigenvalue weighted by Gasteiger charge is -2.03. The summed E-state index contributed by atoms with van der Waals surface area (Å²) in [6.45, 7) is 2.00. The second-order valence-corrected chi connectivity index (χ2v) is 4.07. The summed E-state index contributed by atoms with van der Waals surface area (Å²) in [6.07, 6.45) is 0. The van der Waals surface area contributed by atoms with Crippen LogP contribution in [0.1, 0.15) is 0 Å². The van der Waals surface area contributed by atoms with Gasteiger partial charge in [-0.2, -0.15) is 0 Å². The van der Waals surface area contributed by atoms with Crippen LogP contribution in [0.2, 0.25) is 5.02 Å². The molecular formula is C15H11ClO. The molecule has 0 heterocycles. The van der Waals surface area contributed by atoms with Crippen LogP contribution in [-0.4, -0.2) is 6.79 Å². The van der Waals surface area contributed by atoms with Gasteiger partial charge in [0.2, 0.25) is 0 Å². The molecule has 3 aromatic carbocycles. The van der Waals surface area contributed by atoms with Gasteiger partial charge in [0.1, 0.15) is 6.79 Å². The second-order valence-electron chi connectivity index (χ2n) is 3.66. The first-order chi connectivity index (χ1) is 8.34. The predicted octanol–water partition coefficient (Wildman–Crippen LogP) is 4.46. The number of halogens is 1. The van der Waals surface area contributed by atoms with Gasteiger partial charge in [-0.1, -0.05) is 48.0 Å². The van der Waals surface area contributed by atoms with E-state index in [2.05, 4.69) is 36.4 Å². The Kier molecular flexibility index (Phi) is 3.40. The fraction of sp³-hybridized carbons (Fsp3) is 0. The predicted molar refractivity (Wildman–Crippen MR) is 73.6 cm³/mol. The van der Waals surface area contributed by atoms with E-state index in [9.17, 15) is 0 Å². The Labute approximate surface area is 105 Å². The molecule has 0 radical (unpaired) electrons. The van der Waals surface area contributed by atoms with Crippen LogP contribution in [0.3, 0.4) is 0 Å². The van der Waals surface area contributed by atoms with E-state index >= 15 is 0 Å². The highest BCUT2D eigenvalue weighted by molar-refractivity contribution is 6.35. The zero-order valence-electron chi connectivity index (χ0n) is 9.19. The molecule has 0 aliphatic carbocycles. The molecule has 3 aromatic rings. The Morgan fingerprint density at radius 3 is 2.06 bits per heavy atom. The fourth-order valence-electron chi connectivity index (χ4n) is 1.93. The van der Waals surface area contributed by atoms with Gasteiger partial charge in [-0.3, -0.25) is 0 Å². The summed E-state index contributed by atoms with van der Waals surface area (Å²) in [5.74, 6) is 0. The number of carbonyl (C=O) groups is 1. The number of carbonyl (C=O) groups excluding carboxylic acids is 1. The molecule has 0 saturated carbocycles. The lowest BCUT2D eigenvalue weighted by molar-refractivity contribution is -0.0979. The topological polar surface area (TPSA) is 17.1 Å². The summed E-state index contributed by atoms with van der Waals surface area (Å²) < 4.78 is 0. The van der Waals surface area contributed by atoms with Gasteiger partial charge in [-0.25, -0.2) is 0 Å². The Morgan fingerprint density at radius 1 is 0.765 bits per heavy atom. The van der Waals surface area contributed by atoms with E-state index in [4.69, 9.17) is 16.4 Å². The van der Waals surface area contributed by atoms with Crippen molar-refractivity contribution >= 4 is 39.9 Å². The van der Waals surface area contributed by atoms with Gasteiger partial charge >= 0.3 is 0 Å². The highest BCUT2D eigenvalue weighted by atomic mass is 35.5. The van der Waals surface area contributed by atoms with Crippen LogP contribution in [0.15, 0.2) is 54.6 Å². The summed E-state index contributed by atoms with van der Waals surface area (Å²) in [7, 11) is 0. The van der Waals surface area contributed by atoms with Crippen molar-refractivity contribution in [2.75, 3.05) is 0 Å². The molecule has 0 fully saturated rings. The number of rotatable bonds is 0. The normalized spacial score (nSPS) is 9.94. The van der Waals surface area contributed by atoms with Crippen molar-refractivity contribution in [2.24, 2.45) is 0 Å². The van der Waals surface area contributed by atoms with E-state index in [0.29, 0.717) is 0 Å². The molecule has 0 spiro atoms. The molecule has 0 aliphatic rings. The number of fused-ring (bicyclic) bond motifs is 2. The van der Waals surface area contributed by atoms with Gasteiger partial charge < -0.3 is 4.79 Å². The third-order valence-corrected chi connectivity index (χ3v) is 3.02. The van der Waals surface area contributed by atoms with Crippen molar-refractivity contribution < 1.29 is 4.79 Å². The maximum atomic E-state index is 8.00. The van der Waals surface area contributed by atoms with Crippen LogP contribution >= 0.6 is 11.6 Å². The van der Waals surface area contributed by atoms with E-state index in [0.717, 1.165) is 10.4 Å². The molecule has 84 valence electrons. The van der Waals surface area contributed by atoms with Crippen LogP contribution in [0.5, 0.6) is 0 Å². The van der Waals surface area contributed by atoms with E-state index in [1.165, 1.54) is 16.2 Å². The Balaban J connectivity index is 0.000000514. The first-order valence-electron chi connectivity index (χ1n) is 5.20. The minimum atomic E-state index is 0.818. The van der Waals surface area contributed by atoms with Crippen LogP contribution in [0, 0.1) is 0 Å². The summed E-state index contributed by atoms with van der Waals surface area (Å²) in [5.41, 5.74) is 0. The Bertz CT molecular complexity index is 661. The van der Waals surface area contributed by atoms with Crippen molar-refractivity contribution in [2.45, 2.75) is 0 Å². The van der Waals surface area contributed by atoms with Gasteiger partial charge in [0.25, 0.3) is 0 Å². The van der Waals surface area contributed by atoms with Gasteiger partial charge in [-0.15, -0.1) is 0 Å². The van der Waals surface area contributed by atoms with Crippen molar-refractivity contribution in [3.63, 3.8) is 0 Å². The standard InChI is InChI=1S/C14H9Cl.CH2O/c15-14-7-3-6-12-8-10-4-1-2-5-11(10)9-13(12)14;1-2/h1-9H;1H2. The second kappa shape index (κ2) is 4.98. The van der Waals surface area contributed by atoms with Crippen molar-refractivity contribution in [1.82, 2.24) is 0 Å². The molecule has 1 nitrogen and oxygen atoms in total. The average molecular weight is 243 g/mol. The molecule has 0 saturated heterocycles. The minimum Gasteiger partial charge on any atom is -0.307 e. The monoisotopic (exact) mass is 242 g/mol. The fourth-order valence-corrected chi connectivity index (χ4v) is 2.17. The quantitative estimate of drug-likeness (QED) is 0.532. The summed E-state index contributed by atoms with van der Waals surface area (Å²) in [4.78, 5) is 8.00. The molecule has 0 aromatic heterocycles. The van der Waals surface area contributed by atoms with Crippen molar-refractivity contribution in [3.05, 3.63) is 59.6 Å². The average Bonchev–Trinajstić information content (AvgIpc) is 2.40. The molecule has 0 atom stereocenters. The molecule has 2 heteroatoms. The first kappa shape index (κ1) is 11.6. The maximum Gasteiger partial charge on any atom is 0.106 e. The van der Waals surface area contributed by atoms with Crippen LogP contribution in [0.4, 0.5) is 0 Å². The molecule has 0 bridgehead atoms. The highest BCUT2D eigenvalue weighted by Gasteiger charge is 2.00. The van der Waals surface area contributed by atoms with Gasteiger partial charge in [0, 0.05) is 10.4 Å². The summed E-state index contributed by atoms with van der Waals surface area (Å²) >= 11 is 6.16. The SMILES string of the molecule is C=O.Clc1cccc2cc3ccccc3cc12. The first-order valence-corrected chi connectivity index (χ1v) is 5.58. The smallest absolute Gasteiger partial charge is 0.106 e. The Hall–Kier alpha value is -1.86. The molecule has 0 unspecified atom stereocenters. The molecule has 0 amide bonds.